The summed E-state index contributed by atoms with van der Waals surface area (Å²) in [6.07, 6.45) is 1.79. The minimum absolute atomic E-state index is 0.0162. The molecule has 4 rings (SSSR count). The van der Waals surface area contributed by atoms with Crippen LogP contribution in [0.15, 0.2) is 60.7 Å². The van der Waals surface area contributed by atoms with Gasteiger partial charge in [0, 0.05) is 31.6 Å². The lowest BCUT2D eigenvalue weighted by atomic mass is 9.94. The molecule has 0 aliphatic carbocycles. The normalized spacial score (nSPS) is 16.3. The SMILES string of the molecule is COc1ccc(-c2ccc(C(=O)N3CCCC(NC(C)=O)C3)c3ccccc23)cc1. The van der Waals surface area contributed by atoms with E-state index in [1.807, 2.05) is 59.5 Å². The number of rotatable bonds is 4. The summed E-state index contributed by atoms with van der Waals surface area (Å²) in [5.41, 5.74) is 2.86. The number of fused-ring (bicyclic) bond motifs is 1. The minimum Gasteiger partial charge on any atom is -0.497 e. The van der Waals surface area contributed by atoms with Gasteiger partial charge in [-0.15, -0.1) is 0 Å². The number of hydrogen-bond acceptors (Lipinski definition) is 3. The average Bonchev–Trinajstić information content (AvgIpc) is 2.78. The Kier molecular flexibility index (Phi) is 5.70. The first-order chi connectivity index (χ1) is 14.6. The zero-order chi connectivity index (χ0) is 21.1. The minimum atomic E-state index is -0.0522. The van der Waals surface area contributed by atoms with E-state index >= 15 is 0 Å². The molecule has 5 heteroatoms. The van der Waals surface area contributed by atoms with Crippen molar-refractivity contribution in [3.63, 3.8) is 0 Å². The van der Waals surface area contributed by atoms with Crippen molar-refractivity contribution >= 4 is 22.6 Å². The summed E-state index contributed by atoms with van der Waals surface area (Å²) in [5.74, 6) is 0.778. The quantitative estimate of drug-likeness (QED) is 0.710. The largest absolute Gasteiger partial charge is 0.497 e. The van der Waals surface area contributed by atoms with Gasteiger partial charge < -0.3 is 15.0 Å². The lowest BCUT2D eigenvalue weighted by molar-refractivity contribution is -0.120. The van der Waals surface area contributed by atoms with E-state index in [1.54, 1.807) is 7.11 Å². The smallest absolute Gasteiger partial charge is 0.254 e. The molecule has 1 saturated heterocycles. The number of likely N-dealkylation sites (tertiary alicyclic amines) is 1. The van der Waals surface area contributed by atoms with Gasteiger partial charge in [0.25, 0.3) is 5.91 Å². The van der Waals surface area contributed by atoms with Gasteiger partial charge in [-0.25, -0.2) is 0 Å². The van der Waals surface area contributed by atoms with Crippen LogP contribution in [0.4, 0.5) is 0 Å². The predicted molar refractivity (Wildman–Crippen MR) is 119 cm³/mol. The first kappa shape index (κ1) is 20.0. The van der Waals surface area contributed by atoms with Crippen LogP contribution in [-0.4, -0.2) is 43.0 Å². The topological polar surface area (TPSA) is 58.6 Å². The van der Waals surface area contributed by atoms with Crippen LogP contribution in [0.5, 0.6) is 5.75 Å². The second kappa shape index (κ2) is 8.57. The zero-order valence-corrected chi connectivity index (χ0v) is 17.4. The van der Waals surface area contributed by atoms with E-state index in [9.17, 15) is 9.59 Å². The van der Waals surface area contributed by atoms with E-state index in [4.69, 9.17) is 4.74 Å². The fourth-order valence-corrected chi connectivity index (χ4v) is 4.25. The third-order valence-corrected chi connectivity index (χ3v) is 5.67. The Labute approximate surface area is 176 Å². The maximum atomic E-state index is 13.4. The summed E-state index contributed by atoms with van der Waals surface area (Å²) in [5, 5.41) is 4.94. The predicted octanol–water partition coefficient (Wildman–Crippen LogP) is 4.26. The van der Waals surface area contributed by atoms with Crippen LogP contribution in [0.2, 0.25) is 0 Å². The van der Waals surface area contributed by atoms with E-state index in [0.29, 0.717) is 18.7 Å². The molecule has 30 heavy (non-hydrogen) atoms. The second-order valence-electron chi connectivity index (χ2n) is 7.73. The molecular weight excluding hydrogens is 376 g/mol. The summed E-state index contributed by atoms with van der Waals surface area (Å²) in [6, 6.07) is 19.9. The highest BCUT2D eigenvalue weighted by molar-refractivity contribution is 6.11. The Hall–Kier alpha value is -3.34. The van der Waals surface area contributed by atoms with Gasteiger partial charge in [-0.3, -0.25) is 9.59 Å². The van der Waals surface area contributed by atoms with Gasteiger partial charge in [-0.2, -0.15) is 0 Å². The van der Waals surface area contributed by atoms with Crippen molar-refractivity contribution in [1.82, 2.24) is 10.2 Å². The van der Waals surface area contributed by atoms with Crippen molar-refractivity contribution in [2.75, 3.05) is 20.2 Å². The van der Waals surface area contributed by atoms with E-state index in [1.165, 1.54) is 6.92 Å². The third-order valence-electron chi connectivity index (χ3n) is 5.67. The van der Waals surface area contributed by atoms with Crippen LogP contribution < -0.4 is 10.1 Å². The summed E-state index contributed by atoms with van der Waals surface area (Å²) >= 11 is 0. The van der Waals surface area contributed by atoms with Crippen LogP contribution in [0, 0.1) is 0 Å². The molecule has 0 aromatic heterocycles. The second-order valence-corrected chi connectivity index (χ2v) is 7.73. The molecule has 154 valence electrons. The molecule has 1 N–H and O–H groups in total. The Balaban J connectivity index is 1.68. The number of methoxy groups -OCH3 is 1. The van der Waals surface area contributed by atoms with E-state index in [0.717, 1.165) is 40.5 Å². The Bertz CT molecular complexity index is 1080. The molecule has 5 nitrogen and oxygen atoms in total. The lowest BCUT2D eigenvalue weighted by Gasteiger charge is -2.33. The molecular formula is C25H26N2O3. The van der Waals surface area contributed by atoms with Gasteiger partial charge in [-0.1, -0.05) is 42.5 Å². The Morgan fingerprint density at radius 1 is 1.00 bits per heavy atom. The number of carbonyl (C=O) groups is 2. The third kappa shape index (κ3) is 4.01. The summed E-state index contributed by atoms with van der Waals surface area (Å²) in [6.45, 7) is 2.78. The number of amides is 2. The zero-order valence-electron chi connectivity index (χ0n) is 17.4. The van der Waals surface area contributed by atoms with Crippen LogP contribution in [-0.2, 0) is 4.79 Å². The number of benzene rings is 3. The molecule has 1 unspecified atom stereocenters. The average molecular weight is 402 g/mol. The molecule has 0 saturated carbocycles. The van der Waals surface area contributed by atoms with Crippen molar-refractivity contribution in [3.8, 4) is 16.9 Å². The fraction of sp³-hybridized carbons (Fsp3) is 0.280. The van der Waals surface area contributed by atoms with Gasteiger partial charge in [0.15, 0.2) is 0 Å². The standard InChI is InChI=1S/C25H26N2O3/c1-17(28)26-19-6-5-15-27(16-19)25(29)24-14-13-21(22-7-3-4-8-23(22)24)18-9-11-20(30-2)12-10-18/h3-4,7-14,19H,5-6,15-16H2,1-2H3,(H,26,28). The van der Waals surface area contributed by atoms with Gasteiger partial charge in [-0.05, 0) is 52.9 Å². The van der Waals surface area contributed by atoms with Crippen LogP contribution >= 0.6 is 0 Å². The number of ether oxygens (including phenoxy) is 1. The molecule has 3 aromatic rings. The van der Waals surface area contributed by atoms with Gasteiger partial charge in [0.1, 0.15) is 5.75 Å². The number of nitrogens with one attached hydrogen (secondary N) is 1. The highest BCUT2D eigenvalue weighted by Crippen LogP contribution is 2.32. The molecule has 0 spiro atoms. The molecule has 1 heterocycles. The summed E-state index contributed by atoms with van der Waals surface area (Å²) in [4.78, 5) is 26.7. The molecule has 2 amide bonds. The van der Waals surface area contributed by atoms with Gasteiger partial charge in [0.2, 0.25) is 5.91 Å². The summed E-state index contributed by atoms with van der Waals surface area (Å²) in [7, 11) is 1.65. The summed E-state index contributed by atoms with van der Waals surface area (Å²) < 4.78 is 5.27. The van der Waals surface area contributed by atoms with Crippen molar-refractivity contribution in [2.24, 2.45) is 0 Å². The van der Waals surface area contributed by atoms with E-state index in [2.05, 4.69) is 11.4 Å². The fourth-order valence-electron chi connectivity index (χ4n) is 4.25. The van der Waals surface area contributed by atoms with Crippen molar-refractivity contribution < 1.29 is 14.3 Å². The van der Waals surface area contributed by atoms with Crippen molar-refractivity contribution in [3.05, 3.63) is 66.2 Å². The van der Waals surface area contributed by atoms with Crippen LogP contribution in [0.3, 0.4) is 0 Å². The highest BCUT2D eigenvalue weighted by atomic mass is 16.5. The lowest BCUT2D eigenvalue weighted by Crippen LogP contribution is -2.49. The number of nitrogens with zero attached hydrogens (tertiary/aromatic N) is 1. The molecule has 1 fully saturated rings. The number of piperidine rings is 1. The van der Waals surface area contributed by atoms with Crippen molar-refractivity contribution in [2.45, 2.75) is 25.8 Å². The molecule has 1 aliphatic heterocycles. The van der Waals surface area contributed by atoms with E-state index in [-0.39, 0.29) is 17.9 Å². The van der Waals surface area contributed by atoms with Crippen LogP contribution in [0.25, 0.3) is 21.9 Å². The van der Waals surface area contributed by atoms with Gasteiger partial charge in [0.05, 0.1) is 7.11 Å². The van der Waals surface area contributed by atoms with Crippen LogP contribution in [0.1, 0.15) is 30.1 Å². The maximum Gasteiger partial charge on any atom is 0.254 e. The first-order valence-electron chi connectivity index (χ1n) is 10.3. The molecule has 3 aromatic carbocycles. The molecule has 1 aliphatic rings. The van der Waals surface area contributed by atoms with Crippen molar-refractivity contribution in [1.29, 1.82) is 0 Å². The Morgan fingerprint density at radius 2 is 1.73 bits per heavy atom. The molecule has 0 radical (unpaired) electrons. The molecule has 1 atom stereocenters. The monoisotopic (exact) mass is 402 g/mol. The molecule has 0 bridgehead atoms. The highest BCUT2D eigenvalue weighted by Gasteiger charge is 2.26. The number of hydrogen-bond donors (Lipinski definition) is 1. The Morgan fingerprint density at radius 3 is 2.43 bits per heavy atom. The van der Waals surface area contributed by atoms with E-state index < -0.39 is 0 Å². The first-order valence-corrected chi connectivity index (χ1v) is 10.3. The number of carbonyl (C=O) groups excluding carboxylic acids is 2. The maximum absolute atomic E-state index is 13.4. The van der Waals surface area contributed by atoms with Gasteiger partial charge >= 0.3 is 0 Å².